The lowest BCUT2D eigenvalue weighted by atomic mass is 9.93. The molecule has 5 nitrogen and oxygen atoms in total. The molecule has 1 heterocycles. The van der Waals surface area contributed by atoms with Gasteiger partial charge in [0.05, 0.1) is 6.04 Å². The Morgan fingerprint density at radius 2 is 1.44 bits per heavy atom. The number of hydrogen-bond acceptors (Lipinski definition) is 4. The molecule has 188 valence electrons. The van der Waals surface area contributed by atoms with Gasteiger partial charge < -0.3 is 4.90 Å². The maximum atomic E-state index is 12.8. The zero-order valence-electron chi connectivity index (χ0n) is 21.7. The first-order chi connectivity index (χ1) is 17.5. The summed E-state index contributed by atoms with van der Waals surface area (Å²) in [5.41, 5.74) is 5.04. The molecular weight excluding hydrogens is 446 g/mol. The summed E-state index contributed by atoms with van der Waals surface area (Å²) in [6.45, 7) is 11.8. The number of amides is 1. The van der Waals surface area contributed by atoms with Crippen molar-refractivity contribution in [1.82, 2.24) is 14.7 Å². The minimum absolute atomic E-state index is 0.0285. The molecule has 0 bridgehead atoms. The second-order valence-electron chi connectivity index (χ2n) is 9.48. The van der Waals surface area contributed by atoms with Gasteiger partial charge in [-0.05, 0) is 55.7 Å². The van der Waals surface area contributed by atoms with E-state index in [9.17, 15) is 9.59 Å². The molecule has 1 aliphatic heterocycles. The van der Waals surface area contributed by atoms with Crippen LogP contribution in [0.25, 0.3) is 0 Å². The molecule has 1 unspecified atom stereocenters. The SMILES string of the molecule is CCN(CC)C(=O)c1ccc(C(c2cccc(C(C)=O)c2)N2CCN(Cc3ccccc3)CC2)cc1. The zero-order valence-corrected chi connectivity index (χ0v) is 21.7. The van der Waals surface area contributed by atoms with Gasteiger partial charge in [0.1, 0.15) is 0 Å². The Kier molecular flexibility index (Phi) is 8.68. The van der Waals surface area contributed by atoms with Crippen LogP contribution in [0.1, 0.15) is 64.2 Å². The highest BCUT2D eigenvalue weighted by Gasteiger charge is 2.27. The maximum absolute atomic E-state index is 12.8. The number of carbonyl (C=O) groups excluding carboxylic acids is 2. The molecule has 4 rings (SSSR count). The minimum atomic E-state index is 0.0285. The van der Waals surface area contributed by atoms with Crippen molar-refractivity contribution in [2.45, 2.75) is 33.4 Å². The van der Waals surface area contributed by atoms with Gasteiger partial charge >= 0.3 is 0 Å². The fourth-order valence-electron chi connectivity index (χ4n) is 5.06. The number of benzene rings is 3. The third-order valence-corrected chi connectivity index (χ3v) is 7.15. The number of ketones is 1. The molecule has 0 aromatic heterocycles. The number of nitrogens with zero attached hydrogens (tertiary/aromatic N) is 3. The molecular formula is C31H37N3O2. The van der Waals surface area contributed by atoms with Crippen LogP contribution in [-0.4, -0.2) is 65.7 Å². The summed E-state index contributed by atoms with van der Waals surface area (Å²) in [6, 6.07) is 26.7. The number of piperazine rings is 1. The van der Waals surface area contributed by atoms with Crippen molar-refractivity contribution in [2.24, 2.45) is 0 Å². The van der Waals surface area contributed by atoms with E-state index in [1.54, 1.807) is 6.92 Å². The van der Waals surface area contributed by atoms with Crippen molar-refractivity contribution < 1.29 is 9.59 Å². The topological polar surface area (TPSA) is 43.9 Å². The van der Waals surface area contributed by atoms with E-state index in [0.717, 1.165) is 49.4 Å². The third-order valence-electron chi connectivity index (χ3n) is 7.15. The van der Waals surface area contributed by atoms with E-state index in [2.05, 4.69) is 58.3 Å². The predicted molar refractivity (Wildman–Crippen MR) is 145 cm³/mol. The average Bonchev–Trinajstić information content (AvgIpc) is 2.91. The van der Waals surface area contributed by atoms with Crippen molar-refractivity contribution in [1.29, 1.82) is 0 Å². The molecule has 5 heteroatoms. The molecule has 0 saturated carbocycles. The number of hydrogen-bond donors (Lipinski definition) is 0. The molecule has 1 atom stereocenters. The zero-order chi connectivity index (χ0) is 25.5. The van der Waals surface area contributed by atoms with E-state index in [1.165, 1.54) is 5.56 Å². The lowest BCUT2D eigenvalue weighted by Crippen LogP contribution is -2.47. The molecule has 0 radical (unpaired) electrons. The Hall–Kier alpha value is -3.28. The second-order valence-corrected chi connectivity index (χ2v) is 9.48. The van der Waals surface area contributed by atoms with Gasteiger partial charge in [0, 0.05) is 56.9 Å². The lowest BCUT2D eigenvalue weighted by molar-refractivity contribution is 0.0772. The van der Waals surface area contributed by atoms with Crippen molar-refractivity contribution in [3.63, 3.8) is 0 Å². The first kappa shape index (κ1) is 25.8. The molecule has 0 N–H and O–H groups in total. The number of Topliss-reactive ketones (excluding diaryl/α,β-unsaturated/α-hetero) is 1. The van der Waals surface area contributed by atoms with Crippen molar-refractivity contribution >= 4 is 11.7 Å². The van der Waals surface area contributed by atoms with E-state index < -0.39 is 0 Å². The first-order valence-electron chi connectivity index (χ1n) is 13.0. The summed E-state index contributed by atoms with van der Waals surface area (Å²) in [7, 11) is 0. The largest absolute Gasteiger partial charge is 0.339 e. The predicted octanol–water partition coefficient (Wildman–Crippen LogP) is 5.28. The van der Waals surface area contributed by atoms with Crippen LogP contribution in [0.4, 0.5) is 0 Å². The smallest absolute Gasteiger partial charge is 0.253 e. The fraction of sp³-hybridized carbons (Fsp3) is 0.355. The molecule has 1 amide bonds. The molecule has 36 heavy (non-hydrogen) atoms. The van der Waals surface area contributed by atoms with Crippen LogP contribution < -0.4 is 0 Å². The molecule has 3 aromatic rings. The number of carbonyl (C=O) groups is 2. The molecule has 1 fully saturated rings. The van der Waals surface area contributed by atoms with Gasteiger partial charge in [0.25, 0.3) is 5.91 Å². The van der Waals surface area contributed by atoms with Crippen LogP contribution in [0.5, 0.6) is 0 Å². The van der Waals surface area contributed by atoms with E-state index in [4.69, 9.17) is 0 Å². The van der Waals surface area contributed by atoms with E-state index >= 15 is 0 Å². The summed E-state index contributed by atoms with van der Waals surface area (Å²) in [5, 5.41) is 0. The Labute approximate surface area is 215 Å². The van der Waals surface area contributed by atoms with Gasteiger partial charge in [-0.25, -0.2) is 0 Å². The summed E-state index contributed by atoms with van der Waals surface area (Å²) in [6.07, 6.45) is 0. The van der Waals surface area contributed by atoms with E-state index in [1.807, 2.05) is 49.1 Å². The molecule has 1 aliphatic rings. The van der Waals surface area contributed by atoms with Crippen LogP contribution in [0.15, 0.2) is 78.9 Å². The van der Waals surface area contributed by atoms with Gasteiger partial charge in [0.2, 0.25) is 0 Å². The van der Waals surface area contributed by atoms with Crippen LogP contribution >= 0.6 is 0 Å². The first-order valence-corrected chi connectivity index (χ1v) is 13.0. The van der Waals surface area contributed by atoms with Crippen LogP contribution in [-0.2, 0) is 6.54 Å². The molecule has 0 aliphatic carbocycles. The summed E-state index contributed by atoms with van der Waals surface area (Å²) in [4.78, 5) is 31.8. The average molecular weight is 484 g/mol. The highest BCUT2D eigenvalue weighted by Crippen LogP contribution is 2.31. The highest BCUT2D eigenvalue weighted by atomic mass is 16.2. The maximum Gasteiger partial charge on any atom is 0.253 e. The molecule has 0 spiro atoms. The minimum Gasteiger partial charge on any atom is -0.339 e. The van der Waals surface area contributed by atoms with E-state index in [-0.39, 0.29) is 17.7 Å². The normalized spacial score (nSPS) is 15.4. The standard InChI is InChI=1S/C31H37N3O2/c1-4-33(5-2)31(36)27-16-14-26(15-17-27)30(29-13-9-12-28(22-29)24(3)35)34-20-18-32(19-21-34)23-25-10-7-6-8-11-25/h6-17,22,30H,4-5,18-21,23H2,1-3H3. The summed E-state index contributed by atoms with van der Waals surface area (Å²) >= 11 is 0. The van der Waals surface area contributed by atoms with Crippen LogP contribution in [0.2, 0.25) is 0 Å². The quantitative estimate of drug-likeness (QED) is 0.389. The van der Waals surface area contributed by atoms with Gasteiger partial charge in [0.15, 0.2) is 5.78 Å². The summed E-state index contributed by atoms with van der Waals surface area (Å²) < 4.78 is 0. The van der Waals surface area contributed by atoms with Gasteiger partial charge in [-0.1, -0.05) is 60.7 Å². The van der Waals surface area contributed by atoms with Gasteiger partial charge in [-0.15, -0.1) is 0 Å². The highest BCUT2D eigenvalue weighted by molar-refractivity contribution is 5.94. The lowest BCUT2D eigenvalue weighted by Gasteiger charge is -2.40. The van der Waals surface area contributed by atoms with Crippen LogP contribution in [0.3, 0.4) is 0 Å². The van der Waals surface area contributed by atoms with Gasteiger partial charge in [-0.2, -0.15) is 0 Å². The fourth-order valence-corrected chi connectivity index (χ4v) is 5.06. The van der Waals surface area contributed by atoms with Crippen molar-refractivity contribution in [3.8, 4) is 0 Å². The van der Waals surface area contributed by atoms with Gasteiger partial charge in [-0.3, -0.25) is 19.4 Å². The Balaban J connectivity index is 1.58. The number of rotatable bonds is 9. The van der Waals surface area contributed by atoms with Crippen molar-refractivity contribution in [2.75, 3.05) is 39.3 Å². The summed E-state index contributed by atoms with van der Waals surface area (Å²) in [5.74, 6) is 0.139. The Bertz CT molecular complexity index is 1150. The van der Waals surface area contributed by atoms with Crippen LogP contribution in [0, 0.1) is 0 Å². The Morgan fingerprint density at radius 3 is 2.06 bits per heavy atom. The monoisotopic (exact) mass is 483 g/mol. The molecule has 1 saturated heterocycles. The third kappa shape index (κ3) is 6.10. The van der Waals surface area contributed by atoms with Crippen molar-refractivity contribution in [3.05, 3.63) is 107 Å². The van der Waals surface area contributed by atoms with E-state index in [0.29, 0.717) is 18.7 Å². The second kappa shape index (κ2) is 12.1. The Morgan fingerprint density at radius 1 is 0.778 bits per heavy atom. The molecule has 3 aromatic carbocycles.